The molecule has 1 aliphatic carbocycles. The molecule has 2 rings (SSSR count). The minimum Gasteiger partial charge on any atom is -0.445 e. The molecule has 0 atom stereocenters. The van der Waals surface area contributed by atoms with Crippen molar-refractivity contribution in [3.63, 3.8) is 0 Å². The first-order valence-corrected chi connectivity index (χ1v) is 5.79. The monoisotopic (exact) mass is 237 g/mol. The molecule has 92 valence electrons. The van der Waals surface area contributed by atoms with Crippen molar-refractivity contribution in [2.24, 2.45) is 0 Å². The summed E-state index contributed by atoms with van der Waals surface area (Å²) < 4.78 is 17.3. The first kappa shape index (κ1) is 11.9. The number of rotatable bonds is 5. The number of ether oxygens (including phenoxy) is 1. The molecule has 3 nitrogen and oxygen atoms in total. The molecule has 0 heterocycles. The maximum absolute atomic E-state index is 12.2. The summed E-state index contributed by atoms with van der Waals surface area (Å²) in [6.45, 7) is -0.155. The van der Waals surface area contributed by atoms with Crippen molar-refractivity contribution in [1.82, 2.24) is 5.32 Å². The summed E-state index contributed by atoms with van der Waals surface area (Å²) >= 11 is 0. The third-order valence-corrected chi connectivity index (χ3v) is 3.01. The van der Waals surface area contributed by atoms with Crippen LogP contribution in [-0.2, 0) is 11.3 Å². The molecule has 17 heavy (non-hydrogen) atoms. The van der Waals surface area contributed by atoms with Gasteiger partial charge in [-0.3, -0.25) is 4.39 Å². The van der Waals surface area contributed by atoms with Crippen LogP contribution in [0.1, 0.15) is 24.8 Å². The lowest BCUT2D eigenvalue weighted by Gasteiger charge is -2.15. The smallest absolute Gasteiger partial charge is 0.407 e. The van der Waals surface area contributed by atoms with Crippen LogP contribution in [0, 0.1) is 0 Å². The van der Waals surface area contributed by atoms with Gasteiger partial charge in [0, 0.05) is 5.54 Å². The Labute approximate surface area is 100.0 Å². The van der Waals surface area contributed by atoms with Crippen molar-refractivity contribution < 1.29 is 13.9 Å². The lowest BCUT2D eigenvalue weighted by molar-refractivity contribution is 0.133. The third-order valence-electron chi connectivity index (χ3n) is 3.01. The highest BCUT2D eigenvalue weighted by Gasteiger charge is 2.43. The summed E-state index contributed by atoms with van der Waals surface area (Å²) in [4.78, 5) is 11.5. The molecule has 1 saturated carbocycles. The molecule has 0 unspecified atom stereocenters. The van der Waals surface area contributed by atoms with Crippen LogP contribution in [0.4, 0.5) is 9.18 Å². The number of carbonyl (C=O) groups is 1. The van der Waals surface area contributed by atoms with Gasteiger partial charge in [0.1, 0.15) is 6.61 Å². The maximum atomic E-state index is 12.2. The molecular weight excluding hydrogens is 221 g/mol. The maximum Gasteiger partial charge on any atom is 0.407 e. The van der Waals surface area contributed by atoms with Gasteiger partial charge >= 0.3 is 6.09 Å². The second-order valence-electron chi connectivity index (χ2n) is 4.41. The summed E-state index contributed by atoms with van der Waals surface area (Å²) in [5.74, 6) is 0. The van der Waals surface area contributed by atoms with E-state index < -0.39 is 12.8 Å². The number of hydrogen-bond acceptors (Lipinski definition) is 2. The number of halogens is 1. The Morgan fingerprint density at radius 1 is 1.35 bits per heavy atom. The number of benzene rings is 1. The van der Waals surface area contributed by atoms with Gasteiger partial charge in [-0.25, -0.2) is 4.79 Å². The standard InChI is InChI=1S/C13H16FNO2/c14-9-8-13(6-7-13)15-12(16)17-10-11-4-2-1-3-5-11/h1-5H,6-10H2,(H,15,16). The Balaban J connectivity index is 1.75. The summed E-state index contributed by atoms with van der Waals surface area (Å²) in [7, 11) is 0. The van der Waals surface area contributed by atoms with Crippen molar-refractivity contribution in [3.05, 3.63) is 35.9 Å². The van der Waals surface area contributed by atoms with Crippen LogP contribution in [0.15, 0.2) is 30.3 Å². The van der Waals surface area contributed by atoms with Gasteiger partial charge in [-0.2, -0.15) is 0 Å². The van der Waals surface area contributed by atoms with E-state index in [4.69, 9.17) is 4.74 Å². The van der Waals surface area contributed by atoms with E-state index in [1.807, 2.05) is 30.3 Å². The van der Waals surface area contributed by atoms with Crippen LogP contribution < -0.4 is 5.32 Å². The fraction of sp³-hybridized carbons (Fsp3) is 0.462. The Bertz CT molecular complexity index is 376. The fourth-order valence-electron chi connectivity index (χ4n) is 1.74. The Morgan fingerprint density at radius 3 is 2.65 bits per heavy atom. The first-order valence-electron chi connectivity index (χ1n) is 5.79. The quantitative estimate of drug-likeness (QED) is 0.855. The van der Waals surface area contributed by atoms with Crippen LogP contribution >= 0.6 is 0 Å². The van der Waals surface area contributed by atoms with Crippen molar-refractivity contribution in [3.8, 4) is 0 Å². The second-order valence-corrected chi connectivity index (χ2v) is 4.41. The minimum atomic E-state index is -0.459. The zero-order valence-corrected chi connectivity index (χ0v) is 9.62. The summed E-state index contributed by atoms with van der Waals surface area (Å²) in [5, 5.41) is 2.74. The number of alkyl halides is 1. The average Bonchev–Trinajstić information content (AvgIpc) is 3.08. The van der Waals surface area contributed by atoms with E-state index in [1.54, 1.807) is 0 Å². The SMILES string of the molecule is O=C(NC1(CCF)CC1)OCc1ccccc1. The van der Waals surface area contributed by atoms with Gasteiger partial charge in [-0.1, -0.05) is 30.3 Å². The number of alkyl carbamates (subject to hydrolysis) is 1. The van der Waals surface area contributed by atoms with Gasteiger partial charge in [0.2, 0.25) is 0 Å². The molecule has 1 aromatic rings. The van der Waals surface area contributed by atoms with Gasteiger partial charge in [0.05, 0.1) is 6.67 Å². The molecule has 0 aromatic heterocycles. The lowest BCUT2D eigenvalue weighted by atomic mass is 10.2. The zero-order chi connectivity index (χ0) is 12.1. The topological polar surface area (TPSA) is 38.3 Å². The van der Waals surface area contributed by atoms with E-state index >= 15 is 0 Å². The van der Waals surface area contributed by atoms with E-state index in [0.29, 0.717) is 6.42 Å². The molecule has 1 fully saturated rings. The van der Waals surface area contributed by atoms with Crippen LogP contribution in [0.3, 0.4) is 0 Å². The Hall–Kier alpha value is -1.58. The summed E-state index contributed by atoms with van der Waals surface area (Å²) in [6.07, 6.45) is 1.61. The summed E-state index contributed by atoms with van der Waals surface area (Å²) in [5.41, 5.74) is 0.612. The van der Waals surface area contributed by atoms with Crippen LogP contribution in [-0.4, -0.2) is 18.3 Å². The molecule has 1 aliphatic rings. The van der Waals surface area contributed by atoms with Crippen LogP contribution in [0.25, 0.3) is 0 Å². The largest absolute Gasteiger partial charge is 0.445 e. The lowest BCUT2D eigenvalue weighted by Crippen LogP contribution is -2.37. The van der Waals surface area contributed by atoms with Crippen LogP contribution in [0.5, 0.6) is 0 Å². The molecule has 0 saturated heterocycles. The highest BCUT2D eigenvalue weighted by atomic mass is 19.1. The van der Waals surface area contributed by atoms with Crippen molar-refractivity contribution >= 4 is 6.09 Å². The summed E-state index contributed by atoms with van der Waals surface area (Å²) in [6, 6.07) is 9.47. The van der Waals surface area contributed by atoms with Crippen molar-refractivity contribution in [2.75, 3.05) is 6.67 Å². The van der Waals surface area contributed by atoms with E-state index in [-0.39, 0.29) is 12.1 Å². The van der Waals surface area contributed by atoms with Gasteiger partial charge in [-0.15, -0.1) is 0 Å². The van der Waals surface area contributed by atoms with Crippen molar-refractivity contribution in [2.45, 2.75) is 31.4 Å². The number of nitrogens with one attached hydrogen (secondary N) is 1. The van der Waals surface area contributed by atoms with Gasteiger partial charge in [0.15, 0.2) is 0 Å². The normalized spacial score (nSPS) is 16.3. The molecule has 0 radical (unpaired) electrons. The van der Waals surface area contributed by atoms with E-state index in [2.05, 4.69) is 5.32 Å². The molecule has 4 heteroatoms. The Kier molecular flexibility index (Phi) is 3.61. The molecule has 1 amide bonds. The number of amides is 1. The Morgan fingerprint density at radius 2 is 2.06 bits per heavy atom. The third kappa shape index (κ3) is 3.44. The molecule has 1 aromatic carbocycles. The second kappa shape index (κ2) is 5.17. The molecule has 0 bridgehead atoms. The highest BCUT2D eigenvalue weighted by molar-refractivity contribution is 5.69. The predicted octanol–water partition coefficient (Wildman–Crippen LogP) is 2.81. The molecular formula is C13H16FNO2. The minimum absolute atomic E-state index is 0.248. The molecule has 1 N–H and O–H groups in total. The number of hydrogen-bond donors (Lipinski definition) is 1. The highest BCUT2D eigenvalue weighted by Crippen LogP contribution is 2.38. The predicted molar refractivity (Wildman–Crippen MR) is 62.3 cm³/mol. The van der Waals surface area contributed by atoms with Gasteiger partial charge in [0.25, 0.3) is 0 Å². The van der Waals surface area contributed by atoms with E-state index in [1.165, 1.54) is 0 Å². The molecule has 0 spiro atoms. The average molecular weight is 237 g/mol. The fourth-order valence-corrected chi connectivity index (χ4v) is 1.74. The zero-order valence-electron chi connectivity index (χ0n) is 9.62. The first-order chi connectivity index (χ1) is 8.24. The van der Waals surface area contributed by atoms with E-state index in [0.717, 1.165) is 18.4 Å². The number of carbonyl (C=O) groups excluding carboxylic acids is 1. The van der Waals surface area contributed by atoms with E-state index in [9.17, 15) is 9.18 Å². The van der Waals surface area contributed by atoms with Gasteiger partial charge in [-0.05, 0) is 24.8 Å². The van der Waals surface area contributed by atoms with Gasteiger partial charge < -0.3 is 10.1 Å². The molecule has 0 aliphatic heterocycles. The van der Waals surface area contributed by atoms with Crippen molar-refractivity contribution in [1.29, 1.82) is 0 Å². The van der Waals surface area contributed by atoms with Crippen LogP contribution in [0.2, 0.25) is 0 Å².